The van der Waals surface area contributed by atoms with Crippen molar-refractivity contribution in [3.63, 3.8) is 0 Å². The van der Waals surface area contributed by atoms with Gasteiger partial charge in [0.15, 0.2) is 0 Å². The first kappa shape index (κ1) is 18.5. The van der Waals surface area contributed by atoms with E-state index in [1.165, 1.54) is 64.2 Å². The summed E-state index contributed by atoms with van der Waals surface area (Å²) in [5.41, 5.74) is 0.651. The van der Waals surface area contributed by atoms with Crippen LogP contribution in [0.4, 0.5) is 0 Å². The molecule has 0 aromatic carbocycles. The van der Waals surface area contributed by atoms with Crippen LogP contribution in [0.5, 0.6) is 0 Å². The van der Waals surface area contributed by atoms with Crippen LogP contribution in [0.2, 0.25) is 0 Å². The van der Waals surface area contributed by atoms with Crippen LogP contribution in [-0.2, 0) is 4.79 Å². The molecule has 2 saturated carbocycles. The third kappa shape index (κ3) is 5.65. The van der Waals surface area contributed by atoms with Gasteiger partial charge in [0.05, 0.1) is 0 Å². The molecule has 0 aromatic rings. The summed E-state index contributed by atoms with van der Waals surface area (Å²) in [7, 11) is 0. The summed E-state index contributed by atoms with van der Waals surface area (Å²) in [5, 5.41) is 9.26. The highest BCUT2D eigenvalue weighted by molar-refractivity contribution is 5.87. The fraction of sp³-hybridized carbons (Fsp3) is 0.857. The smallest absolute Gasteiger partial charge is 0.331 e. The molecule has 132 valence electrons. The molecule has 2 rings (SSSR count). The van der Waals surface area contributed by atoms with E-state index in [4.69, 9.17) is 0 Å². The molecule has 0 spiro atoms. The first-order valence-corrected chi connectivity index (χ1v) is 10.0. The maximum Gasteiger partial charge on any atom is 0.331 e. The zero-order valence-electron chi connectivity index (χ0n) is 15.2. The van der Waals surface area contributed by atoms with Crippen molar-refractivity contribution in [2.45, 2.75) is 90.9 Å². The highest BCUT2D eigenvalue weighted by atomic mass is 16.4. The quantitative estimate of drug-likeness (QED) is 0.566. The van der Waals surface area contributed by atoms with Gasteiger partial charge in [-0.3, -0.25) is 0 Å². The lowest BCUT2D eigenvalue weighted by Crippen LogP contribution is -2.21. The lowest BCUT2D eigenvalue weighted by atomic mass is 9.74. The third-order valence-corrected chi connectivity index (χ3v) is 6.49. The fourth-order valence-corrected chi connectivity index (χ4v) is 4.98. The first-order valence-electron chi connectivity index (χ1n) is 10.0. The standard InChI is InChI=1S/C21H36O2/c1-3-5-16-6-8-17(9-7-16)10-11-18-12-14-19(15-13-18)20(4-2)21(22)23/h4,16-19H,3,5-15H2,1-2H3,(H,22,23). The molecule has 23 heavy (non-hydrogen) atoms. The van der Waals surface area contributed by atoms with E-state index >= 15 is 0 Å². The first-order chi connectivity index (χ1) is 11.1. The number of carboxylic acids is 1. The second-order valence-electron chi connectivity index (χ2n) is 8.02. The summed E-state index contributed by atoms with van der Waals surface area (Å²) < 4.78 is 0. The van der Waals surface area contributed by atoms with Crippen molar-refractivity contribution in [2.75, 3.05) is 0 Å². The molecule has 0 heterocycles. The van der Waals surface area contributed by atoms with Crippen LogP contribution in [0.25, 0.3) is 0 Å². The van der Waals surface area contributed by atoms with Gasteiger partial charge in [-0.1, -0.05) is 64.4 Å². The average molecular weight is 321 g/mol. The molecule has 2 nitrogen and oxygen atoms in total. The molecule has 0 atom stereocenters. The summed E-state index contributed by atoms with van der Waals surface area (Å²) in [6.45, 7) is 4.18. The number of hydrogen-bond acceptors (Lipinski definition) is 1. The molecule has 1 N–H and O–H groups in total. The van der Waals surface area contributed by atoms with Gasteiger partial charge < -0.3 is 5.11 Å². The normalized spacial score (nSPS) is 32.7. The second kappa shape index (κ2) is 9.49. The number of aliphatic carboxylic acids is 1. The van der Waals surface area contributed by atoms with E-state index in [2.05, 4.69) is 6.92 Å². The van der Waals surface area contributed by atoms with Crippen molar-refractivity contribution in [1.29, 1.82) is 0 Å². The number of carbonyl (C=O) groups is 1. The highest BCUT2D eigenvalue weighted by Crippen LogP contribution is 2.39. The van der Waals surface area contributed by atoms with Crippen molar-refractivity contribution < 1.29 is 9.90 Å². The van der Waals surface area contributed by atoms with E-state index in [1.54, 1.807) is 0 Å². The number of allylic oxidation sites excluding steroid dienone is 1. The van der Waals surface area contributed by atoms with E-state index in [-0.39, 0.29) is 0 Å². The number of hydrogen-bond donors (Lipinski definition) is 1. The maximum absolute atomic E-state index is 11.2. The minimum absolute atomic E-state index is 0.304. The molecule has 0 unspecified atom stereocenters. The Morgan fingerprint density at radius 3 is 1.70 bits per heavy atom. The molecule has 0 bridgehead atoms. The van der Waals surface area contributed by atoms with Gasteiger partial charge >= 0.3 is 5.97 Å². The van der Waals surface area contributed by atoms with Gasteiger partial charge in [-0.05, 0) is 56.3 Å². The Morgan fingerprint density at radius 2 is 1.30 bits per heavy atom. The largest absolute Gasteiger partial charge is 0.478 e. The van der Waals surface area contributed by atoms with Crippen molar-refractivity contribution in [3.05, 3.63) is 11.6 Å². The Bertz CT molecular complexity index is 383. The molecule has 0 saturated heterocycles. The van der Waals surface area contributed by atoms with Crippen molar-refractivity contribution in [1.82, 2.24) is 0 Å². The summed E-state index contributed by atoms with van der Waals surface area (Å²) in [4.78, 5) is 11.2. The molecule has 2 aliphatic carbocycles. The van der Waals surface area contributed by atoms with Gasteiger partial charge in [0.25, 0.3) is 0 Å². The van der Waals surface area contributed by atoms with Gasteiger partial charge in [-0.15, -0.1) is 0 Å². The maximum atomic E-state index is 11.2. The summed E-state index contributed by atoms with van der Waals surface area (Å²) in [6.07, 6.45) is 17.9. The van der Waals surface area contributed by atoms with E-state index in [0.29, 0.717) is 11.5 Å². The van der Waals surface area contributed by atoms with Gasteiger partial charge in [0, 0.05) is 5.57 Å². The Kier molecular flexibility index (Phi) is 7.65. The van der Waals surface area contributed by atoms with Crippen LogP contribution in [0.3, 0.4) is 0 Å². The Morgan fingerprint density at radius 1 is 0.870 bits per heavy atom. The summed E-state index contributed by atoms with van der Waals surface area (Å²) in [6, 6.07) is 0. The summed E-state index contributed by atoms with van der Waals surface area (Å²) >= 11 is 0. The van der Waals surface area contributed by atoms with Crippen molar-refractivity contribution >= 4 is 5.97 Å². The Labute approximate surface area is 142 Å². The molecule has 2 heteroatoms. The third-order valence-electron chi connectivity index (χ3n) is 6.49. The number of rotatable bonds is 7. The Balaban J connectivity index is 1.65. The van der Waals surface area contributed by atoms with E-state index < -0.39 is 5.97 Å². The van der Waals surface area contributed by atoms with Crippen LogP contribution in [-0.4, -0.2) is 11.1 Å². The molecule has 0 amide bonds. The van der Waals surface area contributed by atoms with Gasteiger partial charge in [0.1, 0.15) is 0 Å². The monoisotopic (exact) mass is 320 g/mol. The minimum Gasteiger partial charge on any atom is -0.478 e. The predicted octanol–water partition coefficient (Wildman–Crippen LogP) is 6.21. The molecular formula is C21H36O2. The van der Waals surface area contributed by atoms with Gasteiger partial charge in [-0.25, -0.2) is 4.79 Å². The predicted molar refractivity (Wildman–Crippen MR) is 96.4 cm³/mol. The molecule has 0 radical (unpaired) electrons. The zero-order valence-corrected chi connectivity index (χ0v) is 15.2. The van der Waals surface area contributed by atoms with Crippen molar-refractivity contribution in [2.24, 2.45) is 23.7 Å². The van der Waals surface area contributed by atoms with E-state index in [1.807, 2.05) is 13.0 Å². The average Bonchev–Trinajstić information content (AvgIpc) is 2.56. The topological polar surface area (TPSA) is 37.3 Å². The van der Waals surface area contributed by atoms with Crippen LogP contribution in [0.1, 0.15) is 90.9 Å². The van der Waals surface area contributed by atoms with Crippen LogP contribution < -0.4 is 0 Å². The van der Waals surface area contributed by atoms with Gasteiger partial charge in [0.2, 0.25) is 0 Å². The van der Waals surface area contributed by atoms with E-state index in [9.17, 15) is 9.90 Å². The van der Waals surface area contributed by atoms with Gasteiger partial charge in [-0.2, -0.15) is 0 Å². The van der Waals surface area contributed by atoms with E-state index in [0.717, 1.165) is 30.6 Å². The molecular weight excluding hydrogens is 284 g/mol. The lowest BCUT2D eigenvalue weighted by Gasteiger charge is -2.32. The lowest BCUT2D eigenvalue weighted by molar-refractivity contribution is -0.133. The minimum atomic E-state index is -0.709. The zero-order chi connectivity index (χ0) is 16.7. The molecule has 0 aliphatic heterocycles. The fourth-order valence-electron chi connectivity index (χ4n) is 4.98. The van der Waals surface area contributed by atoms with Crippen LogP contribution >= 0.6 is 0 Å². The second-order valence-corrected chi connectivity index (χ2v) is 8.02. The summed E-state index contributed by atoms with van der Waals surface area (Å²) in [5.74, 6) is 2.44. The molecule has 2 fully saturated rings. The number of carboxylic acid groups (broad SMARTS) is 1. The highest BCUT2D eigenvalue weighted by Gasteiger charge is 2.27. The van der Waals surface area contributed by atoms with Crippen LogP contribution in [0, 0.1) is 23.7 Å². The van der Waals surface area contributed by atoms with Crippen molar-refractivity contribution in [3.8, 4) is 0 Å². The SMILES string of the molecule is CC=C(C(=O)O)C1CCC(CCC2CCC(CCC)CC2)CC1. The van der Waals surface area contributed by atoms with Crippen LogP contribution in [0.15, 0.2) is 11.6 Å². The molecule has 0 aromatic heterocycles. The molecule has 2 aliphatic rings. The Hall–Kier alpha value is -0.790.